The third-order valence-corrected chi connectivity index (χ3v) is 7.10. The van der Waals surface area contributed by atoms with Gasteiger partial charge < -0.3 is 25.0 Å². The van der Waals surface area contributed by atoms with Crippen LogP contribution in [0.15, 0.2) is 24.4 Å². The van der Waals surface area contributed by atoms with Crippen molar-refractivity contribution in [1.82, 2.24) is 9.97 Å². The molecule has 2 aromatic rings. The van der Waals surface area contributed by atoms with Gasteiger partial charge in [0.2, 0.25) is 5.95 Å². The minimum absolute atomic E-state index is 0.125. The molecule has 9 nitrogen and oxygen atoms in total. The Labute approximate surface area is 186 Å². The van der Waals surface area contributed by atoms with Crippen LogP contribution in [0, 0.1) is 5.92 Å². The van der Waals surface area contributed by atoms with E-state index in [1.807, 2.05) is 0 Å². The molecule has 1 aliphatic heterocycles. The first kappa shape index (κ1) is 20.5. The van der Waals surface area contributed by atoms with E-state index in [0.29, 0.717) is 29.1 Å². The molecule has 1 aromatic heterocycles. The number of amides is 1. The highest BCUT2D eigenvalue weighted by atomic mass is 16.5. The summed E-state index contributed by atoms with van der Waals surface area (Å²) < 4.78 is 5.37. The van der Waals surface area contributed by atoms with Crippen LogP contribution in [0.25, 0.3) is 0 Å². The van der Waals surface area contributed by atoms with Gasteiger partial charge in [-0.05, 0) is 43.4 Å². The smallest absolute Gasteiger partial charge is 0.335 e. The molecule has 2 N–H and O–H groups in total. The monoisotopic (exact) mass is 437 g/mol. The van der Waals surface area contributed by atoms with E-state index in [0.717, 1.165) is 37.9 Å². The lowest BCUT2D eigenvalue weighted by atomic mass is 10.0. The Balaban J connectivity index is 1.55. The van der Waals surface area contributed by atoms with Gasteiger partial charge in [0.25, 0.3) is 5.91 Å². The van der Waals surface area contributed by atoms with E-state index in [-0.39, 0.29) is 17.4 Å². The van der Waals surface area contributed by atoms with Crippen molar-refractivity contribution in [2.45, 2.75) is 50.6 Å². The Morgan fingerprint density at radius 3 is 2.66 bits per heavy atom. The minimum atomic E-state index is -1.02. The lowest BCUT2D eigenvalue weighted by Crippen LogP contribution is -2.59. The number of carbonyl (C=O) groups is 2. The molecular weight excluding hydrogens is 410 g/mol. The molecule has 5 rings (SSSR count). The molecular formula is C23H27N5O4. The lowest BCUT2D eigenvalue weighted by molar-refractivity contribution is -0.121. The molecule has 32 heavy (non-hydrogen) atoms. The number of aromatic carboxylic acids is 1. The maximum Gasteiger partial charge on any atom is 0.335 e. The minimum Gasteiger partial charge on any atom is -0.495 e. The fourth-order valence-corrected chi connectivity index (χ4v) is 5.28. The second-order valence-corrected chi connectivity index (χ2v) is 8.95. The summed E-state index contributed by atoms with van der Waals surface area (Å²) >= 11 is 0. The summed E-state index contributed by atoms with van der Waals surface area (Å²) in [5, 5.41) is 12.4. The molecule has 1 aromatic carbocycles. The molecule has 2 atom stereocenters. The van der Waals surface area contributed by atoms with Gasteiger partial charge >= 0.3 is 5.97 Å². The maximum absolute atomic E-state index is 13.3. The van der Waals surface area contributed by atoms with Crippen LogP contribution in [-0.2, 0) is 4.79 Å². The highest BCUT2D eigenvalue weighted by molar-refractivity contribution is 6.10. The number of benzene rings is 1. The second kappa shape index (κ2) is 7.36. The van der Waals surface area contributed by atoms with Crippen LogP contribution < -0.4 is 19.9 Å². The number of hydrogen-bond acceptors (Lipinski definition) is 7. The summed E-state index contributed by atoms with van der Waals surface area (Å²) in [4.78, 5) is 37.9. The fourth-order valence-electron chi connectivity index (χ4n) is 5.28. The molecule has 9 heteroatoms. The van der Waals surface area contributed by atoms with Crippen molar-refractivity contribution < 1.29 is 19.4 Å². The Hall–Kier alpha value is -3.36. The van der Waals surface area contributed by atoms with Crippen molar-refractivity contribution in [2.24, 2.45) is 5.92 Å². The van der Waals surface area contributed by atoms with E-state index in [4.69, 9.17) is 9.72 Å². The Morgan fingerprint density at radius 2 is 2.03 bits per heavy atom. The first-order chi connectivity index (χ1) is 15.4. The summed E-state index contributed by atoms with van der Waals surface area (Å²) in [5.74, 6) is 0.921. The lowest BCUT2D eigenvalue weighted by Gasteiger charge is -2.45. The number of hydrogen-bond donors (Lipinski definition) is 2. The first-order valence-corrected chi connectivity index (χ1v) is 11.0. The zero-order chi connectivity index (χ0) is 22.6. The Kier molecular flexibility index (Phi) is 4.72. The van der Waals surface area contributed by atoms with E-state index in [1.165, 1.54) is 19.2 Å². The van der Waals surface area contributed by atoms with E-state index in [9.17, 15) is 14.7 Å². The van der Waals surface area contributed by atoms with Gasteiger partial charge in [-0.15, -0.1) is 0 Å². The molecule has 1 unspecified atom stereocenters. The molecule has 2 fully saturated rings. The van der Waals surface area contributed by atoms with Crippen molar-refractivity contribution in [3.8, 4) is 5.75 Å². The normalized spacial score (nSPS) is 24.6. The largest absolute Gasteiger partial charge is 0.495 e. The summed E-state index contributed by atoms with van der Waals surface area (Å²) in [6, 6.07) is 4.90. The maximum atomic E-state index is 13.3. The van der Waals surface area contributed by atoms with E-state index in [2.05, 4.69) is 22.1 Å². The van der Waals surface area contributed by atoms with Crippen LogP contribution in [0.1, 0.15) is 49.4 Å². The summed E-state index contributed by atoms with van der Waals surface area (Å²) in [7, 11) is 3.28. The van der Waals surface area contributed by atoms with E-state index < -0.39 is 11.5 Å². The molecule has 0 saturated heterocycles. The molecule has 2 heterocycles. The zero-order valence-electron chi connectivity index (χ0n) is 18.5. The fraction of sp³-hybridized carbons (Fsp3) is 0.478. The molecule has 2 saturated carbocycles. The van der Waals surface area contributed by atoms with Crippen LogP contribution in [0.3, 0.4) is 0 Å². The van der Waals surface area contributed by atoms with E-state index in [1.54, 1.807) is 24.2 Å². The number of methoxy groups -OCH3 is 1. The SMILES string of the molecule is COc1cc(C(=O)O)ccc1Nc1ncc2c(n1)N(C1CCCC1)C1(C[C@H]1C)C(=O)N2C. The number of carbonyl (C=O) groups excluding carboxylic acids is 1. The standard InChI is InChI=1S/C23H27N5O4/c1-13-11-23(13)21(31)27(2)17-12-24-22(26-19(17)28(23)15-6-4-5-7-15)25-16-9-8-14(20(29)30)10-18(16)32-3/h8-10,12-13,15H,4-7,11H2,1-3H3,(H,29,30)(H,24,25,26)/t13-,23?/m1/s1. The average molecular weight is 438 g/mol. The Bertz CT molecular complexity index is 1100. The van der Waals surface area contributed by atoms with Crippen molar-refractivity contribution >= 4 is 35.0 Å². The highest BCUT2D eigenvalue weighted by Crippen LogP contribution is 2.57. The van der Waals surface area contributed by atoms with E-state index >= 15 is 0 Å². The summed E-state index contributed by atoms with van der Waals surface area (Å²) in [6.45, 7) is 2.13. The predicted octanol–water partition coefficient (Wildman–Crippen LogP) is 3.43. The molecule has 0 bridgehead atoms. The summed E-state index contributed by atoms with van der Waals surface area (Å²) in [6.07, 6.45) is 6.96. The topological polar surface area (TPSA) is 108 Å². The van der Waals surface area contributed by atoms with Gasteiger partial charge in [-0.3, -0.25) is 4.79 Å². The van der Waals surface area contributed by atoms with Crippen LogP contribution in [0.5, 0.6) is 5.75 Å². The summed E-state index contributed by atoms with van der Waals surface area (Å²) in [5.41, 5.74) is 0.907. The number of likely N-dealkylation sites (N-methyl/N-ethyl adjacent to an activating group) is 1. The van der Waals surface area contributed by atoms with Crippen molar-refractivity contribution in [1.29, 1.82) is 0 Å². The number of carboxylic acid groups (broad SMARTS) is 1. The third-order valence-electron chi connectivity index (χ3n) is 7.10. The van der Waals surface area contributed by atoms with Crippen LogP contribution in [0.2, 0.25) is 0 Å². The highest BCUT2D eigenvalue weighted by Gasteiger charge is 2.66. The number of carboxylic acids is 1. The molecule has 1 amide bonds. The third kappa shape index (κ3) is 2.98. The van der Waals surface area contributed by atoms with Gasteiger partial charge in [-0.1, -0.05) is 19.8 Å². The molecule has 0 radical (unpaired) electrons. The van der Waals surface area contributed by atoms with Gasteiger partial charge in [-0.25, -0.2) is 9.78 Å². The van der Waals surface area contributed by atoms with Gasteiger partial charge in [0.1, 0.15) is 17.0 Å². The second-order valence-electron chi connectivity index (χ2n) is 8.95. The number of anilines is 4. The Morgan fingerprint density at radius 1 is 1.31 bits per heavy atom. The number of nitrogens with one attached hydrogen (secondary N) is 1. The van der Waals surface area contributed by atoms with Gasteiger partial charge in [-0.2, -0.15) is 4.98 Å². The number of rotatable bonds is 5. The van der Waals surface area contributed by atoms with Crippen LogP contribution >= 0.6 is 0 Å². The molecule has 3 aliphatic rings. The number of fused-ring (bicyclic) bond motifs is 1. The van der Waals surface area contributed by atoms with Gasteiger partial charge in [0.15, 0.2) is 5.82 Å². The van der Waals surface area contributed by atoms with Crippen LogP contribution in [-0.4, -0.2) is 52.7 Å². The molecule has 2 aliphatic carbocycles. The van der Waals surface area contributed by atoms with Crippen molar-refractivity contribution in [3.05, 3.63) is 30.0 Å². The predicted molar refractivity (Wildman–Crippen MR) is 120 cm³/mol. The van der Waals surface area contributed by atoms with Crippen molar-refractivity contribution in [2.75, 3.05) is 29.3 Å². The number of nitrogens with zero attached hydrogens (tertiary/aromatic N) is 4. The molecule has 168 valence electrons. The van der Waals surface area contributed by atoms with Crippen LogP contribution in [0.4, 0.5) is 23.1 Å². The van der Waals surface area contributed by atoms with Gasteiger partial charge in [0.05, 0.1) is 24.6 Å². The number of aromatic nitrogens is 2. The first-order valence-electron chi connectivity index (χ1n) is 11.0. The number of ether oxygens (including phenoxy) is 1. The quantitative estimate of drug-likeness (QED) is 0.733. The zero-order valence-corrected chi connectivity index (χ0v) is 18.5. The molecule has 1 spiro atoms. The average Bonchev–Trinajstić information content (AvgIpc) is 3.17. The van der Waals surface area contributed by atoms with Crippen molar-refractivity contribution in [3.63, 3.8) is 0 Å². The van der Waals surface area contributed by atoms with Gasteiger partial charge in [0, 0.05) is 13.1 Å².